The van der Waals surface area contributed by atoms with Crippen molar-refractivity contribution in [2.45, 2.75) is 52.5 Å². The SMILES string of the molecule is CC1(C)[C@H]2CC[C@@]1(C)[C@H](NC(=O)Cc1ccc(Cl)cc1)C2. The molecule has 2 aliphatic rings. The fraction of sp³-hybridized carbons (Fsp3) is 0.611. The summed E-state index contributed by atoms with van der Waals surface area (Å²) in [6.07, 6.45) is 4.12. The number of fused-ring (bicyclic) bond motifs is 2. The highest BCUT2D eigenvalue weighted by molar-refractivity contribution is 6.30. The molecule has 114 valence electrons. The summed E-state index contributed by atoms with van der Waals surface area (Å²) >= 11 is 5.88. The molecule has 1 N–H and O–H groups in total. The van der Waals surface area contributed by atoms with Gasteiger partial charge in [0.05, 0.1) is 6.42 Å². The number of benzene rings is 1. The van der Waals surface area contributed by atoms with Crippen LogP contribution in [0.25, 0.3) is 0 Å². The molecule has 1 aromatic carbocycles. The molecule has 0 aliphatic heterocycles. The first-order valence-corrected chi connectivity index (χ1v) is 8.24. The van der Waals surface area contributed by atoms with Gasteiger partial charge in [0.2, 0.25) is 5.91 Å². The first kappa shape index (κ1) is 14.9. The maximum atomic E-state index is 12.3. The van der Waals surface area contributed by atoms with Crippen molar-refractivity contribution in [3.8, 4) is 0 Å². The van der Waals surface area contributed by atoms with Crippen LogP contribution in [0.1, 0.15) is 45.6 Å². The minimum Gasteiger partial charge on any atom is -0.353 e. The van der Waals surface area contributed by atoms with Crippen LogP contribution in [0.5, 0.6) is 0 Å². The summed E-state index contributed by atoms with van der Waals surface area (Å²) in [6, 6.07) is 7.85. The van der Waals surface area contributed by atoms with Crippen molar-refractivity contribution in [3.63, 3.8) is 0 Å². The van der Waals surface area contributed by atoms with Crippen LogP contribution >= 0.6 is 11.6 Å². The van der Waals surface area contributed by atoms with Gasteiger partial charge in [0, 0.05) is 11.1 Å². The van der Waals surface area contributed by atoms with Gasteiger partial charge in [-0.3, -0.25) is 4.79 Å². The Kier molecular flexibility index (Phi) is 3.56. The molecular formula is C18H24ClNO. The highest BCUT2D eigenvalue weighted by Crippen LogP contribution is 2.65. The van der Waals surface area contributed by atoms with E-state index >= 15 is 0 Å². The van der Waals surface area contributed by atoms with E-state index in [0.717, 1.165) is 17.9 Å². The zero-order valence-electron chi connectivity index (χ0n) is 13.1. The van der Waals surface area contributed by atoms with Gasteiger partial charge in [-0.2, -0.15) is 0 Å². The summed E-state index contributed by atoms with van der Waals surface area (Å²) in [5.74, 6) is 0.884. The maximum Gasteiger partial charge on any atom is 0.224 e. The minimum absolute atomic E-state index is 0.131. The lowest BCUT2D eigenvalue weighted by Gasteiger charge is -2.39. The monoisotopic (exact) mass is 305 g/mol. The highest BCUT2D eigenvalue weighted by Gasteiger charge is 2.61. The fourth-order valence-electron chi connectivity index (χ4n) is 4.46. The Hall–Kier alpha value is -1.02. The number of carbonyl (C=O) groups excluding carboxylic acids is 1. The lowest BCUT2D eigenvalue weighted by atomic mass is 9.69. The van der Waals surface area contributed by atoms with Gasteiger partial charge in [0.25, 0.3) is 0 Å². The van der Waals surface area contributed by atoms with Gasteiger partial charge in [-0.1, -0.05) is 44.5 Å². The van der Waals surface area contributed by atoms with Gasteiger partial charge < -0.3 is 5.32 Å². The van der Waals surface area contributed by atoms with Crippen molar-refractivity contribution >= 4 is 17.5 Å². The molecule has 0 radical (unpaired) electrons. The topological polar surface area (TPSA) is 29.1 Å². The summed E-state index contributed by atoms with van der Waals surface area (Å²) in [5, 5.41) is 4.01. The second-order valence-electron chi connectivity index (χ2n) is 7.53. The van der Waals surface area contributed by atoms with Gasteiger partial charge >= 0.3 is 0 Å². The molecule has 1 aromatic rings. The number of hydrogen-bond acceptors (Lipinski definition) is 1. The largest absolute Gasteiger partial charge is 0.353 e. The van der Waals surface area contributed by atoms with Crippen LogP contribution in [0.2, 0.25) is 5.02 Å². The molecule has 2 bridgehead atoms. The van der Waals surface area contributed by atoms with Crippen LogP contribution in [-0.2, 0) is 11.2 Å². The number of hydrogen-bond donors (Lipinski definition) is 1. The van der Waals surface area contributed by atoms with Crippen molar-refractivity contribution in [3.05, 3.63) is 34.9 Å². The molecule has 0 aromatic heterocycles. The standard InChI is InChI=1S/C18H24ClNO/c1-17(2)13-8-9-18(17,3)15(11-13)20-16(21)10-12-4-6-14(19)7-5-12/h4-7,13,15H,8-11H2,1-3H3,(H,20,21)/t13-,15+,18-/m0/s1. The predicted octanol–water partition coefficient (Wildman–Crippen LogP) is 4.21. The van der Waals surface area contributed by atoms with E-state index in [-0.39, 0.29) is 11.3 Å². The van der Waals surface area contributed by atoms with E-state index in [1.54, 1.807) is 0 Å². The molecule has 0 spiro atoms. The number of carbonyl (C=O) groups is 1. The molecule has 0 heterocycles. The van der Waals surface area contributed by atoms with Crippen molar-refractivity contribution in [1.29, 1.82) is 0 Å². The first-order valence-electron chi connectivity index (χ1n) is 7.87. The Morgan fingerprint density at radius 2 is 1.95 bits per heavy atom. The Morgan fingerprint density at radius 1 is 1.29 bits per heavy atom. The highest BCUT2D eigenvalue weighted by atomic mass is 35.5. The van der Waals surface area contributed by atoms with E-state index in [1.165, 1.54) is 12.8 Å². The summed E-state index contributed by atoms with van der Waals surface area (Å²) < 4.78 is 0. The molecule has 2 aliphatic carbocycles. The summed E-state index contributed by atoms with van der Waals surface area (Å²) in [4.78, 5) is 12.3. The van der Waals surface area contributed by atoms with Crippen LogP contribution in [-0.4, -0.2) is 11.9 Å². The zero-order chi connectivity index (χ0) is 15.3. The molecule has 3 heteroatoms. The second kappa shape index (κ2) is 5.01. The second-order valence-corrected chi connectivity index (χ2v) is 7.97. The van der Waals surface area contributed by atoms with Crippen LogP contribution in [0.4, 0.5) is 0 Å². The third-order valence-electron chi connectivity index (χ3n) is 6.41. The predicted molar refractivity (Wildman–Crippen MR) is 86.3 cm³/mol. The average molecular weight is 306 g/mol. The molecular weight excluding hydrogens is 282 g/mol. The fourth-order valence-corrected chi connectivity index (χ4v) is 4.58. The lowest BCUT2D eigenvalue weighted by molar-refractivity contribution is -0.122. The van der Waals surface area contributed by atoms with E-state index in [0.29, 0.717) is 22.9 Å². The van der Waals surface area contributed by atoms with Gasteiger partial charge in [0.1, 0.15) is 0 Å². The molecule has 2 fully saturated rings. The summed E-state index contributed by atoms with van der Waals surface area (Å²) in [7, 11) is 0. The number of amides is 1. The quantitative estimate of drug-likeness (QED) is 0.890. The Balaban J connectivity index is 1.65. The van der Waals surface area contributed by atoms with Crippen molar-refractivity contribution in [2.24, 2.45) is 16.7 Å². The van der Waals surface area contributed by atoms with Gasteiger partial charge in [-0.05, 0) is 53.7 Å². The Bertz CT molecular complexity index is 551. The van der Waals surface area contributed by atoms with Crippen LogP contribution < -0.4 is 5.32 Å². The Labute approximate surface area is 132 Å². The lowest BCUT2D eigenvalue weighted by Crippen LogP contribution is -2.47. The van der Waals surface area contributed by atoms with Crippen molar-refractivity contribution in [1.82, 2.24) is 5.32 Å². The summed E-state index contributed by atoms with van der Waals surface area (Å²) in [6.45, 7) is 7.10. The average Bonchev–Trinajstić information content (AvgIpc) is 2.74. The third kappa shape index (κ3) is 2.38. The van der Waals surface area contributed by atoms with Gasteiger partial charge in [0.15, 0.2) is 0 Å². The molecule has 3 atom stereocenters. The van der Waals surface area contributed by atoms with E-state index in [4.69, 9.17) is 11.6 Å². The van der Waals surface area contributed by atoms with Crippen LogP contribution in [0.15, 0.2) is 24.3 Å². The van der Waals surface area contributed by atoms with Crippen molar-refractivity contribution < 1.29 is 4.79 Å². The number of nitrogens with one attached hydrogen (secondary N) is 1. The van der Waals surface area contributed by atoms with E-state index in [1.807, 2.05) is 24.3 Å². The van der Waals surface area contributed by atoms with E-state index < -0.39 is 0 Å². The summed E-state index contributed by atoms with van der Waals surface area (Å²) in [5.41, 5.74) is 1.60. The molecule has 2 saturated carbocycles. The van der Waals surface area contributed by atoms with Gasteiger partial charge in [-0.15, -0.1) is 0 Å². The third-order valence-corrected chi connectivity index (χ3v) is 6.66. The molecule has 1 amide bonds. The first-order chi connectivity index (χ1) is 9.83. The molecule has 2 nitrogen and oxygen atoms in total. The Morgan fingerprint density at radius 3 is 2.48 bits per heavy atom. The normalized spacial score (nSPS) is 33.1. The van der Waals surface area contributed by atoms with Crippen LogP contribution in [0, 0.1) is 16.7 Å². The molecule has 0 saturated heterocycles. The minimum atomic E-state index is 0.131. The maximum absolute atomic E-state index is 12.3. The number of rotatable bonds is 3. The van der Waals surface area contributed by atoms with Crippen molar-refractivity contribution in [2.75, 3.05) is 0 Å². The molecule has 3 rings (SSSR count). The van der Waals surface area contributed by atoms with E-state index in [2.05, 4.69) is 26.1 Å². The molecule has 21 heavy (non-hydrogen) atoms. The van der Waals surface area contributed by atoms with Gasteiger partial charge in [-0.25, -0.2) is 0 Å². The zero-order valence-corrected chi connectivity index (χ0v) is 13.8. The van der Waals surface area contributed by atoms with Crippen LogP contribution in [0.3, 0.4) is 0 Å². The smallest absolute Gasteiger partial charge is 0.224 e. The van der Waals surface area contributed by atoms with E-state index in [9.17, 15) is 4.79 Å². The number of halogens is 1. The molecule has 0 unspecified atom stereocenters.